The first-order chi connectivity index (χ1) is 12.0. The molecule has 0 aliphatic carbocycles. The molecule has 1 aromatic heterocycles. The number of carbonyl (C=O) groups is 1. The molecule has 1 atom stereocenters. The number of rotatable bonds is 9. The van der Waals surface area contributed by atoms with Crippen molar-refractivity contribution in [1.82, 2.24) is 20.2 Å². The number of hydrogen-bond acceptors (Lipinski definition) is 5. The monoisotopic (exact) mass is 365 g/mol. The molecule has 2 aromatic rings. The van der Waals surface area contributed by atoms with Gasteiger partial charge in [-0.2, -0.15) is 0 Å². The second-order valence-corrected chi connectivity index (χ2v) is 6.88. The van der Waals surface area contributed by atoms with Gasteiger partial charge in [0.05, 0.1) is 5.75 Å². The van der Waals surface area contributed by atoms with E-state index in [0.717, 1.165) is 12.8 Å². The van der Waals surface area contributed by atoms with Crippen LogP contribution in [0, 0.1) is 5.82 Å². The molecule has 0 bridgehead atoms. The number of amides is 1. The van der Waals surface area contributed by atoms with Crippen LogP contribution in [0.2, 0.25) is 0 Å². The van der Waals surface area contributed by atoms with Crippen LogP contribution in [0.5, 0.6) is 0 Å². The molecule has 1 aromatic carbocycles. The summed E-state index contributed by atoms with van der Waals surface area (Å²) in [4.78, 5) is 12.0. The van der Waals surface area contributed by atoms with Crippen molar-refractivity contribution >= 4 is 17.7 Å². The molecule has 1 heterocycles. The summed E-state index contributed by atoms with van der Waals surface area (Å²) >= 11 is 1.22. The molecule has 136 valence electrons. The minimum atomic E-state index is -0.328. The van der Waals surface area contributed by atoms with E-state index >= 15 is 0 Å². The van der Waals surface area contributed by atoms with Gasteiger partial charge in [0.1, 0.15) is 5.82 Å². The quantitative estimate of drug-likeness (QED) is 0.405. The second kappa shape index (κ2) is 9.41. The molecule has 0 radical (unpaired) electrons. The molecular weight excluding hydrogens is 341 g/mol. The number of halogens is 1. The first-order valence-corrected chi connectivity index (χ1v) is 9.38. The van der Waals surface area contributed by atoms with E-state index in [1.165, 1.54) is 41.4 Å². The summed E-state index contributed by atoms with van der Waals surface area (Å²) in [6, 6.07) is 6.00. The largest absolute Gasteiger partial charge is 0.353 e. The minimum absolute atomic E-state index is 0.0552. The number of nitrogens with zero attached hydrogens (tertiary/aromatic N) is 3. The number of aromatic nitrogens is 3. The van der Waals surface area contributed by atoms with Crippen LogP contribution in [-0.4, -0.2) is 32.6 Å². The summed E-state index contributed by atoms with van der Waals surface area (Å²) in [5, 5.41) is 11.4. The summed E-state index contributed by atoms with van der Waals surface area (Å²) < 4.78 is 14.3. The first-order valence-electron chi connectivity index (χ1n) is 8.39. The van der Waals surface area contributed by atoms with Gasteiger partial charge < -0.3 is 11.2 Å². The maximum absolute atomic E-state index is 13.0. The maximum Gasteiger partial charge on any atom is 0.230 e. The number of hydrogen-bond donors (Lipinski definition) is 2. The zero-order valence-corrected chi connectivity index (χ0v) is 15.4. The third-order valence-corrected chi connectivity index (χ3v) is 4.69. The number of benzene rings is 1. The predicted molar refractivity (Wildman–Crippen MR) is 98.0 cm³/mol. The molecule has 0 saturated heterocycles. The molecule has 0 fully saturated rings. The Hall–Kier alpha value is -2.09. The average Bonchev–Trinajstić information content (AvgIpc) is 2.95. The van der Waals surface area contributed by atoms with Crippen LogP contribution < -0.4 is 11.2 Å². The minimum Gasteiger partial charge on any atom is -0.353 e. The SMILES string of the molecule is CCCCC[C@@H](C)NC(=O)CSc1nnc(-c2ccc(F)cc2)n1N. The molecule has 6 nitrogen and oxygen atoms in total. The standard InChI is InChI=1S/C17H24FN5OS/c1-3-4-5-6-12(2)20-15(24)11-25-17-22-21-16(23(17)19)13-7-9-14(18)10-8-13/h7-10,12H,3-6,11,19H2,1-2H3,(H,20,24)/t12-/m1/s1. The molecular formula is C17H24FN5OS. The molecule has 0 saturated carbocycles. The van der Waals surface area contributed by atoms with Gasteiger partial charge in [0.25, 0.3) is 0 Å². The van der Waals surface area contributed by atoms with Crippen molar-refractivity contribution in [3.63, 3.8) is 0 Å². The summed E-state index contributed by atoms with van der Waals surface area (Å²) in [6.45, 7) is 4.17. The highest BCUT2D eigenvalue weighted by Crippen LogP contribution is 2.21. The summed E-state index contributed by atoms with van der Waals surface area (Å²) in [7, 11) is 0. The van der Waals surface area contributed by atoms with Crippen LogP contribution in [0.1, 0.15) is 39.5 Å². The van der Waals surface area contributed by atoms with Gasteiger partial charge in [-0.05, 0) is 37.6 Å². The Labute approximate surface area is 151 Å². The fourth-order valence-corrected chi connectivity index (χ4v) is 3.06. The van der Waals surface area contributed by atoms with Crippen LogP contribution in [0.4, 0.5) is 4.39 Å². The lowest BCUT2D eigenvalue weighted by Gasteiger charge is -2.13. The molecule has 0 unspecified atom stereocenters. The number of nitrogens with one attached hydrogen (secondary N) is 1. The topological polar surface area (TPSA) is 85.8 Å². The van der Waals surface area contributed by atoms with E-state index in [2.05, 4.69) is 22.4 Å². The van der Waals surface area contributed by atoms with Gasteiger partial charge in [0.2, 0.25) is 11.1 Å². The number of nitrogen functional groups attached to an aromatic ring is 1. The molecule has 8 heteroatoms. The highest BCUT2D eigenvalue weighted by atomic mass is 32.2. The number of nitrogens with two attached hydrogens (primary N) is 1. The van der Waals surface area contributed by atoms with E-state index in [-0.39, 0.29) is 23.5 Å². The van der Waals surface area contributed by atoms with Crippen molar-refractivity contribution in [3.8, 4) is 11.4 Å². The lowest BCUT2D eigenvalue weighted by Crippen LogP contribution is -2.33. The number of thioether (sulfide) groups is 1. The van der Waals surface area contributed by atoms with Crippen molar-refractivity contribution in [2.45, 2.75) is 50.7 Å². The molecule has 2 rings (SSSR count). The molecule has 1 amide bonds. The lowest BCUT2D eigenvalue weighted by molar-refractivity contribution is -0.119. The van der Waals surface area contributed by atoms with E-state index < -0.39 is 0 Å². The van der Waals surface area contributed by atoms with E-state index in [1.54, 1.807) is 12.1 Å². The maximum atomic E-state index is 13.0. The zero-order chi connectivity index (χ0) is 18.2. The van der Waals surface area contributed by atoms with Crippen molar-refractivity contribution in [2.75, 3.05) is 11.6 Å². The lowest BCUT2D eigenvalue weighted by atomic mass is 10.1. The number of carbonyl (C=O) groups excluding carboxylic acids is 1. The van der Waals surface area contributed by atoms with Crippen molar-refractivity contribution < 1.29 is 9.18 Å². The fraction of sp³-hybridized carbons (Fsp3) is 0.471. The summed E-state index contributed by atoms with van der Waals surface area (Å²) in [5.74, 6) is 6.25. The normalized spacial score (nSPS) is 12.1. The third-order valence-electron chi connectivity index (χ3n) is 3.75. The Morgan fingerprint density at radius 1 is 1.32 bits per heavy atom. The second-order valence-electron chi connectivity index (χ2n) is 5.94. The number of unbranched alkanes of at least 4 members (excludes halogenated alkanes) is 2. The average molecular weight is 365 g/mol. The van der Waals surface area contributed by atoms with Crippen molar-refractivity contribution in [2.24, 2.45) is 0 Å². The molecule has 0 aliphatic heterocycles. The Morgan fingerprint density at radius 3 is 2.72 bits per heavy atom. The van der Waals surface area contributed by atoms with Gasteiger partial charge in [0.15, 0.2) is 5.82 Å². The molecule has 0 aliphatic rings. The molecule has 3 N–H and O–H groups in total. The van der Waals surface area contributed by atoms with E-state index in [9.17, 15) is 9.18 Å². The molecule has 25 heavy (non-hydrogen) atoms. The van der Waals surface area contributed by atoms with Crippen molar-refractivity contribution in [1.29, 1.82) is 0 Å². The van der Waals surface area contributed by atoms with Gasteiger partial charge in [-0.15, -0.1) is 10.2 Å². The van der Waals surface area contributed by atoms with Gasteiger partial charge in [-0.1, -0.05) is 37.9 Å². The Kier molecular flexibility index (Phi) is 7.24. The third kappa shape index (κ3) is 5.74. The highest BCUT2D eigenvalue weighted by molar-refractivity contribution is 7.99. The Balaban J connectivity index is 1.87. The Bertz CT molecular complexity index is 689. The van der Waals surface area contributed by atoms with Crippen LogP contribution in [0.25, 0.3) is 11.4 Å². The first kappa shape index (κ1) is 19.2. The van der Waals surface area contributed by atoms with Crippen LogP contribution in [0.3, 0.4) is 0 Å². The van der Waals surface area contributed by atoms with Gasteiger partial charge in [-0.25, -0.2) is 9.07 Å². The van der Waals surface area contributed by atoms with Crippen LogP contribution >= 0.6 is 11.8 Å². The predicted octanol–water partition coefficient (Wildman–Crippen LogP) is 2.98. The van der Waals surface area contributed by atoms with Gasteiger partial charge in [0, 0.05) is 11.6 Å². The fourth-order valence-electron chi connectivity index (χ4n) is 2.39. The summed E-state index contributed by atoms with van der Waals surface area (Å²) in [5.41, 5.74) is 0.664. The molecule has 0 spiro atoms. The smallest absolute Gasteiger partial charge is 0.230 e. The highest BCUT2D eigenvalue weighted by Gasteiger charge is 2.14. The van der Waals surface area contributed by atoms with Gasteiger partial charge in [-0.3, -0.25) is 4.79 Å². The van der Waals surface area contributed by atoms with Crippen LogP contribution in [0.15, 0.2) is 29.4 Å². The van der Waals surface area contributed by atoms with Crippen LogP contribution in [-0.2, 0) is 4.79 Å². The van der Waals surface area contributed by atoms with E-state index in [1.807, 2.05) is 6.92 Å². The summed E-state index contributed by atoms with van der Waals surface area (Å²) in [6.07, 6.45) is 4.44. The van der Waals surface area contributed by atoms with Crippen molar-refractivity contribution in [3.05, 3.63) is 30.1 Å². The zero-order valence-electron chi connectivity index (χ0n) is 14.5. The van der Waals surface area contributed by atoms with E-state index in [4.69, 9.17) is 5.84 Å². The van der Waals surface area contributed by atoms with E-state index in [0.29, 0.717) is 16.5 Å². The van der Waals surface area contributed by atoms with Gasteiger partial charge >= 0.3 is 0 Å². The Morgan fingerprint density at radius 2 is 2.04 bits per heavy atom.